The maximum atomic E-state index is 3.92. The molecule has 1 aromatic rings. The molecule has 0 aliphatic carbocycles. The molecule has 0 saturated carbocycles. The Kier molecular flexibility index (Phi) is 4.62. The van der Waals surface area contributed by atoms with E-state index in [0.717, 1.165) is 19.6 Å². The van der Waals surface area contributed by atoms with Gasteiger partial charge in [-0.1, -0.05) is 13.8 Å². The van der Waals surface area contributed by atoms with Gasteiger partial charge in [0.1, 0.15) is 0 Å². The molecule has 1 rings (SSSR count). The zero-order valence-electron chi connectivity index (χ0n) is 9.25. The van der Waals surface area contributed by atoms with Gasteiger partial charge in [-0.05, 0) is 7.05 Å². The van der Waals surface area contributed by atoms with Crippen molar-refractivity contribution in [1.29, 1.82) is 0 Å². The van der Waals surface area contributed by atoms with E-state index < -0.39 is 0 Å². The summed E-state index contributed by atoms with van der Waals surface area (Å²) in [6, 6.07) is 0.567. The summed E-state index contributed by atoms with van der Waals surface area (Å²) in [5, 5.41) is 10.1. The van der Waals surface area contributed by atoms with Crippen LogP contribution in [-0.2, 0) is 6.54 Å². The van der Waals surface area contributed by atoms with E-state index in [1.165, 1.54) is 5.56 Å². The molecule has 0 bridgehead atoms. The lowest BCUT2D eigenvalue weighted by molar-refractivity contribution is 0.320. The second kappa shape index (κ2) is 5.78. The molecule has 0 atom stereocenters. The van der Waals surface area contributed by atoms with Crippen molar-refractivity contribution in [2.75, 3.05) is 20.1 Å². The Morgan fingerprint density at radius 2 is 2.36 bits per heavy atom. The first-order valence-corrected chi connectivity index (χ1v) is 5.08. The Morgan fingerprint density at radius 1 is 1.57 bits per heavy atom. The normalized spacial score (nSPS) is 11.5. The van der Waals surface area contributed by atoms with Gasteiger partial charge in [0.2, 0.25) is 0 Å². The Balaban J connectivity index is 2.13. The third-order valence-electron chi connectivity index (χ3n) is 2.05. The van der Waals surface area contributed by atoms with Crippen LogP contribution in [0.4, 0.5) is 0 Å². The summed E-state index contributed by atoms with van der Waals surface area (Å²) in [6.07, 6.45) is 3.80. The number of nitrogens with zero attached hydrogens (tertiary/aromatic N) is 2. The number of H-pyrrole nitrogens is 1. The molecule has 0 saturated heterocycles. The fourth-order valence-corrected chi connectivity index (χ4v) is 1.30. The zero-order valence-corrected chi connectivity index (χ0v) is 9.25. The molecule has 0 aliphatic rings. The second-order valence-electron chi connectivity index (χ2n) is 3.95. The molecule has 1 aromatic heterocycles. The van der Waals surface area contributed by atoms with E-state index in [4.69, 9.17) is 0 Å². The van der Waals surface area contributed by atoms with Crippen molar-refractivity contribution in [3.05, 3.63) is 18.0 Å². The third kappa shape index (κ3) is 4.39. The van der Waals surface area contributed by atoms with Gasteiger partial charge in [0, 0.05) is 37.4 Å². The van der Waals surface area contributed by atoms with Gasteiger partial charge < -0.3 is 10.2 Å². The Hall–Kier alpha value is -0.870. The van der Waals surface area contributed by atoms with Crippen LogP contribution in [0.15, 0.2) is 12.4 Å². The van der Waals surface area contributed by atoms with Crippen LogP contribution in [-0.4, -0.2) is 41.3 Å². The molecule has 4 nitrogen and oxygen atoms in total. The predicted molar refractivity (Wildman–Crippen MR) is 58.1 cm³/mol. The van der Waals surface area contributed by atoms with Gasteiger partial charge in [-0.2, -0.15) is 5.10 Å². The number of hydrogen-bond donors (Lipinski definition) is 2. The molecule has 0 aliphatic heterocycles. The highest BCUT2D eigenvalue weighted by atomic mass is 15.1. The van der Waals surface area contributed by atoms with Crippen LogP contribution >= 0.6 is 0 Å². The Bertz CT molecular complexity index is 230. The highest BCUT2D eigenvalue weighted by Crippen LogP contribution is 1.98. The van der Waals surface area contributed by atoms with Crippen LogP contribution in [0, 0.1) is 0 Å². The number of aromatic nitrogens is 2. The summed E-state index contributed by atoms with van der Waals surface area (Å²) in [5.41, 5.74) is 1.23. The number of rotatable bonds is 6. The van der Waals surface area contributed by atoms with Crippen LogP contribution < -0.4 is 5.32 Å². The van der Waals surface area contributed by atoms with Crippen molar-refractivity contribution in [3.63, 3.8) is 0 Å². The standard InChI is InChI=1S/C10H20N4/c1-9(2)11-4-5-14(3)8-10-6-12-13-7-10/h6-7,9,11H,4-5,8H2,1-3H3,(H,12,13). The maximum Gasteiger partial charge on any atom is 0.0532 e. The molecular formula is C10H20N4. The minimum Gasteiger partial charge on any atom is -0.313 e. The molecule has 0 fully saturated rings. The molecule has 0 aromatic carbocycles. The predicted octanol–water partition coefficient (Wildman–Crippen LogP) is 0.839. The molecule has 4 heteroatoms. The largest absolute Gasteiger partial charge is 0.313 e. The number of hydrogen-bond acceptors (Lipinski definition) is 3. The Labute approximate surface area is 85.7 Å². The van der Waals surface area contributed by atoms with Gasteiger partial charge in [-0.25, -0.2) is 0 Å². The molecule has 0 amide bonds. The molecule has 14 heavy (non-hydrogen) atoms. The van der Waals surface area contributed by atoms with Crippen LogP contribution in [0.2, 0.25) is 0 Å². The minimum absolute atomic E-state index is 0.567. The molecular weight excluding hydrogens is 176 g/mol. The third-order valence-corrected chi connectivity index (χ3v) is 2.05. The molecule has 0 unspecified atom stereocenters. The van der Waals surface area contributed by atoms with E-state index in [1.54, 1.807) is 0 Å². The summed E-state index contributed by atoms with van der Waals surface area (Å²) in [6.45, 7) is 7.37. The van der Waals surface area contributed by atoms with Gasteiger partial charge in [0.05, 0.1) is 6.20 Å². The van der Waals surface area contributed by atoms with Crippen molar-refractivity contribution in [3.8, 4) is 0 Å². The lowest BCUT2D eigenvalue weighted by Gasteiger charge is -2.16. The second-order valence-corrected chi connectivity index (χ2v) is 3.95. The lowest BCUT2D eigenvalue weighted by atomic mass is 10.3. The molecule has 2 N–H and O–H groups in total. The first-order chi connectivity index (χ1) is 6.68. The first-order valence-electron chi connectivity index (χ1n) is 5.08. The van der Waals surface area contributed by atoms with Crippen LogP contribution in [0.3, 0.4) is 0 Å². The Morgan fingerprint density at radius 3 is 2.93 bits per heavy atom. The fraction of sp³-hybridized carbons (Fsp3) is 0.700. The van der Waals surface area contributed by atoms with E-state index >= 15 is 0 Å². The fourth-order valence-electron chi connectivity index (χ4n) is 1.30. The van der Waals surface area contributed by atoms with Crippen molar-refractivity contribution >= 4 is 0 Å². The molecule has 0 radical (unpaired) electrons. The smallest absolute Gasteiger partial charge is 0.0532 e. The van der Waals surface area contributed by atoms with Crippen molar-refractivity contribution in [2.24, 2.45) is 0 Å². The minimum atomic E-state index is 0.567. The average molecular weight is 196 g/mol. The quantitative estimate of drug-likeness (QED) is 0.708. The summed E-state index contributed by atoms with van der Waals surface area (Å²) < 4.78 is 0. The van der Waals surface area contributed by atoms with Gasteiger partial charge in [0.25, 0.3) is 0 Å². The van der Waals surface area contributed by atoms with Crippen LogP contribution in [0.25, 0.3) is 0 Å². The molecule has 1 heterocycles. The summed E-state index contributed by atoms with van der Waals surface area (Å²) >= 11 is 0. The van der Waals surface area contributed by atoms with Gasteiger partial charge in [-0.15, -0.1) is 0 Å². The number of aromatic amines is 1. The molecule has 80 valence electrons. The van der Waals surface area contributed by atoms with E-state index in [1.807, 2.05) is 12.4 Å². The van der Waals surface area contributed by atoms with Crippen molar-refractivity contribution in [1.82, 2.24) is 20.4 Å². The van der Waals surface area contributed by atoms with E-state index in [2.05, 4.69) is 41.3 Å². The maximum absolute atomic E-state index is 3.92. The summed E-state index contributed by atoms with van der Waals surface area (Å²) in [5.74, 6) is 0. The topological polar surface area (TPSA) is 44.0 Å². The van der Waals surface area contributed by atoms with Crippen LogP contribution in [0.5, 0.6) is 0 Å². The summed E-state index contributed by atoms with van der Waals surface area (Å²) in [4.78, 5) is 2.28. The van der Waals surface area contributed by atoms with E-state index in [9.17, 15) is 0 Å². The van der Waals surface area contributed by atoms with E-state index in [0.29, 0.717) is 6.04 Å². The lowest BCUT2D eigenvalue weighted by Crippen LogP contribution is -2.32. The van der Waals surface area contributed by atoms with Crippen LogP contribution in [0.1, 0.15) is 19.4 Å². The van der Waals surface area contributed by atoms with Crippen molar-refractivity contribution < 1.29 is 0 Å². The summed E-state index contributed by atoms with van der Waals surface area (Å²) in [7, 11) is 2.12. The highest BCUT2D eigenvalue weighted by Gasteiger charge is 2.00. The van der Waals surface area contributed by atoms with Gasteiger partial charge in [0.15, 0.2) is 0 Å². The van der Waals surface area contributed by atoms with E-state index in [-0.39, 0.29) is 0 Å². The number of likely N-dealkylation sites (N-methyl/N-ethyl adjacent to an activating group) is 1. The highest BCUT2D eigenvalue weighted by molar-refractivity contribution is 5.01. The monoisotopic (exact) mass is 196 g/mol. The SMILES string of the molecule is CC(C)NCCN(C)Cc1cn[nH]c1. The van der Waals surface area contributed by atoms with Crippen molar-refractivity contribution in [2.45, 2.75) is 26.4 Å². The van der Waals surface area contributed by atoms with Gasteiger partial charge >= 0.3 is 0 Å². The zero-order chi connectivity index (χ0) is 10.4. The molecule has 0 spiro atoms. The first kappa shape index (κ1) is 11.2. The number of nitrogens with one attached hydrogen (secondary N) is 2. The van der Waals surface area contributed by atoms with Gasteiger partial charge in [-0.3, -0.25) is 5.10 Å². The average Bonchev–Trinajstić information content (AvgIpc) is 2.56.